The number of carbonyl (C=O) groups is 1. The Labute approximate surface area is 182 Å². The van der Waals surface area contributed by atoms with E-state index in [1.807, 2.05) is 19.0 Å². The summed E-state index contributed by atoms with van der Waals surface area (Å²) in [4.78, 5) is 20.6. The fourth-order valence-electron chi connectivity index (χ4n) is 3.22. The minimum absolute atomic E-state index is 0.0829. The highest BCUT2D eigenvalue weighted by Crippen LogP contribution is 2.19. The van der Waals surface area contributed by atoms with Gasteiger partial charge in [0.15, 0.2) is 0 Å². The zero-order valence-electron chi connectivity index (χ0n) is 17.6. The average molecular weight is 445 g/mol. The molecule has 0 N–H and O–H groups in total. The van der Waals surface area contributed by atoms with Crippen molar-refractivity contribution >= 4 is 15.9 Å². The molecule has 0 spiro atoms. The van der Waals surface area contributed by atoms with Gasteiger partial charge in [-0.3, -0.25) is 14.7 Å². The number of rotatable bonds is 4. The van der Waals surface area contributed by atoms with Gasteiger partial charge in [-0.25, -0.2) is 12.8 Å². The van der Waals surface area contributed by atoms with E-state index >= 15 is 0 Å². The summed E-state index contributed by atoms with van der Waals surface area (Å²) in [6.45, 7) is 1.66. The van der Waals surface area contributed by atoms with Gasteiger partial charge in [-0.2, -0.15) is 4.31 Å². The van der Waals surface area contributed by atoms with Gasteiger partial charge in [0.05, 0.1) is 17.0 Å². The van der Waals surface area contributed by atoms with Gasteiger partial charge in [0.2, 0.25) is 10.0 Å². The number of benzene rings is 1. The van der Waals surface area contributed by atoms with Crippen molar-refractivity contribution in [2.24, 2.45) is 0 Å². The number of aromatic nitrogens is 1. The van der Waals surface area contributed by atoms with Crippen molar-refractivity contribution in [2.75, 3.05) is 46.8 Å². The lowest BCUT2D eigenvalue weighted by Crippen LogP contribution is -2.37. The van der Waals surface area contributed by atoms with Gasteiger partial charge in [0.25, 0.3) is 5.91 Å². The SMILES string of the molecule is CN(C)CC#Cc1cncc(C(=O)N2CCCN(S(=O)(=O)c3cccc(F)c3)CC2)c1. The van der Waals surface area contributed by atoms with E-state index in [1.165, 1.54) is 28.7 Å². The number of pyridine rings is 1. The van der Waals surface area contributed by atoms with Gasteiger partial charge in [-0.15, -0.1) is 0 Å². The minimum atomic E-state index is -3.82. The van der Waals surface area contributed by atoms with Gasteiger partial charge in [0.1, 0.15) is 5.82 Å². The lowest BCUT2D eigenvalue weighted by molar-refractivity contribution is 0.0764. The van der Waals surface area contributed by atoms with Crippen LogP contribution in [0.3, 0.4) is 0 Å². The van der Waals surface area contributed by atoms with Crippen molar-refractivity contribution in [3.63, 3.8) is 0 Å². The van der Waals surface area contributed by atoms with E-state index in [0.29, 0.717) is 30.6 Å². The highest BCUT2D eigenvalue weighted by molar-refractivity contribution is 7.89. The van der Waals surface area contributed by atoms with Crippen LogP contribution in [0.1, 0.15) is 22.3 Å². The smallest absolute Gasteiger partial charge is 0.255 e. The lowest BCUT2D eigenvalue weighted by atomic mass is 10.2. The molecule has 1 aromatic heterocycles. The first-order valence-corrected chi connectivity index (χ1v) is 11.3. The Morgan fingerprint density at radius 2 is 1.97 bits per heavy atom. The minimum Gasteiger partial charge on any atom is -0.337 e. The Bertz CT molecular complexity index is 1110. The molecule has 31 heavy (non-hydrogen) atoms. The molecule has 1 aliphatic rings. The maximum absolute atomic E-state index is 13.5. The number of amides is 1. The van der Waals surface area contributed by atoms with Crippen molar-refractivity contribution in [3.05, 3.63) is 59.7 Å². The van der Waals surface area contributed by atoms with Crippen LogP contribution in [-0.4, -0.2) is 80.2 Å². The van der Waals surface area contributed by atoms with Crippen LogP contribution in [0.15, 0.2) is 47.6 Å². The van der Waals surface area contributed by atoms with Crippen LogP contribution in [0.4, 0.5) is 4.39 Å². The predicted octanol–water partition coefficient (Wildman–Crippen LogP) is 1.67. The third-order valence-corrected chi connectivity index (χ3v) is 6.68. The quantitative estimate of drug-likeness (QED) is 0.671. The lowest BCUT2D eigenvalue weighted by Gasteiger charge is -2.22. The molecule has 0 bridgehead atoms. The zero-order chi connectivity index (χ0) is 22.4. The number of sulfonamides is 1. The van der Waals surface area contributed by atoms with Crippen molar-refractivity contribution in [2.45, 2.75) is 11.3 Å². The van der Waals surface area contributed by atoms with Crippen LogP contribution in [0.5, 0.6) is 0 Å². The van der Waals surface area contributed by atoms with E-state index in [1.54, 1.807) is 17.2 Å². The van der Waals surface area contributed by atoms with E-state index in [9.17, 15) is 17.6 Å². The molecule has 0 radical (unpaired) electrons. The van der Waals surface area contributed by atoms with Crippen LogP contribution >= 0.6 is 0 Å². The van der Waals surface area contributed by atoms with E-state index < -0.39 is 15.8 Å². The fraction of sp³-hybridized carbons (Fsp3) is 0.364. The molecule has 0 atom stereocenters. The number of hydrogen-bond donors (Lipinski definition) is 0. The molecule has 1 aliphatic heterocycles. The Kier molecular flexibility index (Phi) is 7.38. The maximum Gasteiger partial charge on any atom is 0.255 e. The van der Waals surface area contributed by atoms with E-state index in [2.05, 4.69) is 16.8 Å². The largest absolute Gasteiger partial charge is 0.337 e. The van der Waals surface area contributed by atoms with Crippen molar-refractivity contribution in [3.8, 4) is 11.8 Å². The molecule has 2 aromatic rings. The third kappa shape index (κ3) is 5.88. The van der Waals surface area contributed by atoms with Gasteiger partial charge in [-0.05, 0) is 44.8 Å². The molecule has 1 saturated heterocycles. The Balaban J connectivity index is 1.71. The number of carbonyl (C=O) groups excluding carboxylic acids is 1. The summed E-state index contributed by atoms with van der Waals surface area (Å²) >= 11 is 0. The molecule has 0 unspecified atom stereocenters. The average Bonchev–Trinajstić information content (AvgIpc) is 3.00. The summed E-state index contributed by atoms with van der Waals surface area (Å²) < 4.78 is 40.5. The summed E-state index contributed by atoms with van der Waals surface area (Å²) in [6, 6.07) is 6.66. The van der Waals surface area contributed by atoms with Crippen molar-refractivity contribution < 1.29 is 17.6 Å². The summed E-state index contributed by atoms with van der Waals surface area (Å²) in [5.74, 6) is 5.19. The molecule has 1 amide bonds. The molecular formula is C22H25FN4O3S. The molecule has 3 rings (SSSR count). The first-order valence-electron chi connectivity index (χ1n) is 9.91. The second kappa shape index (κ2) is 10.0. The van der Waals surface area contributed by atoms with Gasteiger partial charge >= 0.3 is 0 Å². The van der Waals surface area contributed by atoms with Gasteiger partial charge < -0.3 is 4.90 Å². The summed E-state index contributed by atoms with van der Waals surface area (Å²) in [5.41, 5.74) is 1.07. The Morgan fingerprint density at radius 3 is 2.71 bits per heavy atom. The van der Waals surface area contributed by atoms with Gasteiger partial charge in [-0.1, -0.05) is 17.9 Å². The molecule has 0 aliphatic carbocycles. The second-order valence-corrected chi connectivity index (χ2v) is 9.45. The Hall–Kier alpha value is -2.80. The van der Waals surface area contributed by atoms with Crippen LogP contribution in [0.25, 0.3) is 0 Å². The molecule has 2 heterocycles. The predicted molar refractivity (Wildman–Crippen MR) is 115 cm³/mol. The molecule has 0 saturated carbocycles. The summed E-state index contributed by atoms with van der Waals surface area (Å²) in [7, 11) is 0.0163. The highest BCUT2D eigenvalue weighted by atomic mass is 32.2. The van der Waals surface area contributed by atoms with Crippen LogP contribution in [-0.2, 0) is 10.0 Å². The summed E-state index contributed by atoms with van der Waals surface area (Å²) in [6.07, 6.45) is 3.58. The van der Waals surface area contributed by atoms with E-state index in [0.717, 1.165) is 6.07 Å². The summed E-state index contributed by atoms with van der Waals surface area (Å²) in [5, 5.41) is 0. The first kappa shape index (κ1) is 22.9. The zero-order valence-corrected chi connectivity index (χ0v) is 18.4. The molecule has 9 heteroatoms. The molecule has 164 valence electrons. The third-order valence-electron chi connectivity index (χ3n) is 4.79. The van der Waals surface area contributed by atoms with Crippen molar-refractivity contribution in [1.82, 2.24) is 19.1 Å². The monoisotopic (exact) mass is 444 g/mol. The van der Waals surface area contributed by atoms with E-state index in [-0.39, 0.29) is 30.4 Å². The van der Waals surface area contributed by atoms with Crippen LogP contribution < -0.4 is 0 Å². The number of halogens is 1. The highest BCUT2D eigenvalue weighted by Gasteiger charge is 2.29. The molecule has 1 fully saturated rings. The van der Waals surface area contributed by atoms with Gasteiger partial charge in [0, 0.05) is 44.1 Å². The maximum atomic E-state index is 13.5. The standard InChI is InChI=1S/C22H25FN4O3S/c1-25(2)9-4-6-18-14-19(17-24-16-18)22(28)26-10-5-11-27(13-12-26)31(29,30)21-8-3-7-20(23)15-21/h3,7-8,14-17H,5,9-13H2,1-2H3. The van der Waals surface area contributed by atoms with Crippen LogP contribution in [0.2, 0.25) is 0 Å². The molecule has 1 aromatic carbocycles. The second-order valence-electron chi connectivity index (χ2n) is 7.51. The fourth-order valence-corrected chi connectivity index (χ4v) is 4.72. The Morgan fingerprint density at radius 1 is 1.16 bits per heavy atom. The first-order chi connectivity index (χ1) is 14.8. The van der Waals surface area contributed by atoms with Crippen LogP contribution in [0, 0.1) is 17.7 Å². The molecule has 7 nitrogen and oxygen atoms in total. The van der Waals surface area contributed by atoms with Crippen molar-refractivity contribution in [1.29, 1.82) is 0 Å². The topological polar surface area (TPSA) is 73.8 Å². The van der Waals surface area contributed by atoms with E-state index in [4.69, 9.17) is 0 Å². The number of hydrogen-bond acceptors (Lipinski definition) is 5. The normalized spacial score (nSPS) is 15.3. The number of nitrogens with zero attached hydrogens (tertiary/aromatic N) is 4. The molecular weight excluding hydrogens is 419 g/mol.